The molecule has 0 N–H and O–H groups in total. The van der Waals surface area contributed by atoms with E-state index in [1.165, 1.54) is 35.7 Å². The first-order valence-corrected chi connectivity index (χ1v) is 9.49. The summed E-state index contributed by atoms with van der Waals surface area (Å²) in [6, 6.07) is 12.6. The van der Waals surface area contributed by atoms with Gasteiger partial charge in [0.15, 0.2) is 0 Å². The van der Waals surface area contributed by atoms with Crippen LogP contribution in [0.1, 0.15) is 0 Å². The molecular weight excluding hydrogens is 358 g/mol. The molecule has 2 aromatic rings. The number of nitro groups is 1. The average Bonchev–Trinajstić information content (AvgIpc) is 2.68. The van der Waals surface area contributed by atoms with Gasteiger partial charge in [-0.25, -0.2) is 8.42 Å². The number of ether oxygens (including phenoxy) is 1. The van der Waals surface area contributed by atoms with E-state index in [1.54, 1.807) is 24.3 Å². The van der Waals surface area contributed by atoms with Gasteiger partial charge in [0.05, 0.1) is 16.9 Å². The number of rotatable bonds is 5. The minimum Gasteiger partial charge on any atom is -0.497 e. The summed E-state index contributed by atoms with van der Waals surface area (Å²) >= 11 is 0. The van der Waals surface area contributed by atoms with E-state index in [2.05, 4.69) is 0 Å². The molecule has 1 fully saturated rings. The molecule has 0 spiro atoms. The lowest BCUT2D eigenvalue weighted by atomic mass is 10.2. The number of nitrogens with zero attached hydrogens (tertiary/aromatic N) is 3. The Kier molecular flexibility index (Phi) is 5.10. The van der Waals surface area contributed by atoms with Crippen molar-refractivity contribution in [2.45, 2.75) is 4.90 Å². The van der Waals surface area contributed by atoms with E-state index in [-0.39, 0.29) is 10.6 Å². The quantitative estimate of drug-likeness (QED) is 0.585. The number of piperazine rings is 1. The molecular formula is C17H19N3O5S. The van der Waals surface area contributed by atoms with Crippen LogP contribution in [-0.2, 0) is 10.0 Å². The molecule has 0 bridgehead atoms. The van der Waals surface area contributed by atoms with Crippen LogP contribution in [0.5, 0.6) is 5.75 Å². The highest BCUT2D eigenvalue weighted by atomic mass is 32.2. The minimum absolute atomic E-state index is 0.0365. The van der Waals surface area contributed by atoms with Crippen molar-refractivity contribution in [3.8, 4) is 5.75 Å². The molecule has 1 heterocycles. The van der Waals surface area contributed by atoms with Gasteiger partial charge in [-0.1, -0.05) is 0 Å². The zero-order valence-electron chi connectivity index (χ0n) is 14.2. The van der Waals surface area contributed by atoms with Crippen LogP contribution >= 0.6 is 0 Å². The van der Waals surface area contributed by atoms with Crippen molar-refractivity contribution in [1.29, 1.82) is 0 Å². The van der Waals surface area contributed by atoms with E-state index in [0.29, 0.717) is 31.9 Å². The van der Waals surface area contributed by atoms with Crippen LogP contribution in [-0.4, -0.2) is 50.9 Å². The maximum absolute atomic E-state index is 12.7. The topological polar surface area (TPSA) is 93.0 Å². The van der Waals surface area contributed by atoms with Crippen LogP contribution in [0, 0.1) is 10.1 Å². The predicted molar refractivity (Wildman–Crippen MR) is 97.1 cm³/mol. The molecule has 0 aliphatic carbocycles. The van der Waals surface area contributed by atoms with Crippen LogP contribution in [0.4, 0.5) is 11.4 Å². The molecule has 138 valence electrons. The Labute approximate surface area is 151 Å². The molecule has 9 heteroatoms. The zero-order chi connectivity index (χ0) is 18.7. The van der Waals surface area contributed by atoms with Gasteiger partial charge in [0.1, 0.15) is 5.75 Å². The Morgan fingerprint density at radius 3 is 2.04 bits per heavy atom. The second kappa shape index (κ2) is 7.30. The molecule has 0 amide bonds. The first-order chi connectivity index (χ1) is 12.4. The fourth-order valence-corrected chi connectivity index (χ4v) is 4.29. The Morgan fingerprint density at radius 2 is 1.54 bits per heavy atom. The fourth-order valence-electron chi connectivity index (χ4n) is 2.87. The van der Waals surface area contributed by atoms with Crippen molar-refractivity contribution in [1.82, 2.24) is 4.31 Å². The molecule has 0 unspecified atom stereocenters. The van der Waals surface area contributed by atoms with E-state index in [9.17, 15) is 18.5 Å². The summed E-state index contributed by atoms with van der Waals surface area (Å²) in [6.07, 6.45) is 0. The second-order valence-electron chi connectivity index (χ2n) is 5.84. The van der Waals surface area contributed by atoms with Gasteiger partial charge in [0.2, 0.25) is 10.0 Å². The van der Waals surface area contributed by atoms with Crippen molar-refractivity contribution in [3.63, 3.8) is 0 Å². The molecule has 1 aliphatic rings. The van der Waals surface area contributed by atoms with Gasteiger partial charge >= 0.3 is 0 Å². The smallest absolute Gasteiger partial charge is 0.269 e. The Balaban J connectivity index is 1.68. The number of hydrogen-bond acceptors (Lipinski definition) is 6. The van der Waals surface area contributed by atoms with Crippen LogP contribution in [0.25, 0.3) is 0 Å². The van der Waals surface area contributed by atoms with Crippen LogP contribution in [0.3, 0.4) is 0 Å². The second-order valence-corrected chi connectivity index (χ2v) is 7.78. The van der Waals surface area contributed by atoms with E-state index in [4.69, 9.17) is 4.74 Å². The summed E-state index contributed by atoms with van der Waals surface area (Å²) in [6.45, 7) is 1.75. The average molecular weight is 377 g/mol. The Bertz CT molecular complexity index is 874. The SMILES string of the molecule is COc1ccc(S(=O)(=O)N2CCN(c3ccc([N+](=O)[O-])cc3)CC2)cc1. The lowest BCUT2D eigenvalue weighted by molar-refractivity contribution is -0.384. The number of hydrogen-bond donors (Lipinski definition) is 0. The fraction of sp³-hybridized carbons (Fsp3) is 0.294. The van der Waals surface area contributed by atoms with Crippen molar-refractivity contribution in [2.24, 2.45) is 0 Å². The Hall–Kier alpha value is -2.65. The largest absolute Gasteiger partial charge is 0.497 e. The standard InChI is InChI=1S/C17H19N3O5S/c1-25-16-6-8-17(9-7-16)26(23,24)19-12-10-18(11-13-19)14-2-4-15(5-3-14)20(21)22/h2-9H,10-13H2,1H3. The third kappa shape index (κ3) is 3.63. The highest BCUT2D eigenvalue weighted by molar-refractivity contribution is 7.89. The zero-order valence-corrected chi connectivity index (χ0v) is 15.1. The van der Waals surface area contributed by atoms with Gasteiger partial charge in [0.25, 0.3) is 5.69 Å². The minimum atomic E-state index is -3.55. The molecule has 0 saturated carbocycles. The van der Waals surface area contributed by atoms with Gasteiger partial charge in [-0.3, -0.25) is 10.1 Å². The normalized spacial score (nSPS) is 15.7. The van der Waals surface area contributed by atoms with Gasteiger partial charge in [-0.15, -0.1) is 0 Å². The number of anilines is 1. The van der Waals surface area contributed by atoms with E-state index < -0.39 is 14.9 Å². The number of benzene rings is 2. The van der Waals surface area contributed by atoms with Crippen molar-refractivity contribution >= 4 is 21.4 Å². The molecule has 0 aromatic heterocycles. The molecule has 0 atom stereocenters. The van der Waals surface area contributed by atoms with Gasteiger partial charge in [-0.05, 0) is 36.4 Å². The van der Waals surface area contributed by atoms with Crippen LogP contribution < -0.4 is 9.64 Å². The first kappa shape index (κ1) is 18.2. The summed E-state index contributed by atoms with van der Waals surface area (Å²) < 4.78 is 32.0. The van der Waals surface area contributed by atoms with Crippen LogP contribution in [0.2, 0.25) is 0 Å². The van der Waals surface area contributed by atoms with Gasteiger partial charge in [-0.2, -0.15) is 4.31 Å². The molecule has 8 nitrogen and oxygen atoms in total. The van der Waals surface area contributed by atoms with E-state index in [0.717, 1.165) is 5.69 Å². The third-order valence-corrected chi connectivity index (χ3v) is 6.27. The molecule has 1 saturated heterocycles. The van der Waals surface area contributed by atoms with Crippen LogP contribution in [0.15, 0.2) is 53.4 Å². The number of nitro benzene ring substituents is 1. The summed E-state index contributed by atoms with van der Waals surface area (Å²) in [5.74, 6) is 0.604. The third-order valence-electron chi connectivity index (χ3n) is 4.36. The van der Waals surface area contributed by atoms with Gasteiger partial charge < -0.3 is 9.64 Å². The van der Waals surface area contributed by atoms with Crippen molar-refractivity contribution in [3.05, 3.63) is 58.6 Å². The lowest BCUT2D eigenvalue weighted by Crippen LogP contribution is -2.48. The van der Waals surface area contributed by atoms with E-state index in [1.807, 2.05) is 4.90 Å². The highest BCUT2D eigenvalue weighted by Crippen LogP contribution is 2.24. The number of non-ortho nitro benzene ring substituents is 1. The van der Waals surface area contributed by atoms with Crippen molar-refractivity contribution in [2.75, 3.05) is 38.2 Å². The lowest BCUT2D eigenvalue weighted by Gasteiger charge is -2.35. The summed E-state index contributed by atoms with van der Waals surface area (Å²) in [4.78, 5) is 12.5. The molecule has 26 heavy (non-hydrogen) atoms. The van der Waals surface area contributed by atoms with Gasteiger partial charge in [0, 0.05) is 44.0 Å². The number of sulfonamides is 1. The maximum Gasteiger partial charge on any atom is 0.269 e. The molecule has 2 aromatic carbocycles. The monoisotopic (exact) mass is 377 g/mol. The summed E-state index contributed by atoms with van der Waals surface area (Å²) in [5.41, 5.74) is 0.881. The number of methoxy groups -OCH3 is 1. The first-order valence-electron chi connectivity index (χ1n) is 8.05. The molecule has 1 aliphatic heterocycles. The van der Waals surface area contributed by atoms with Crippen molar-refractivity contribution < 1.29 is 18.1 Å². The summed E-state index contributed by atoms with van der Waals surface area (Å²) in [7, 11) is -2.02. The Morgan fingerprint density at radius 1 is 0.962 bits per heavy atom. The maximum atomic E-state index is 12.7. The highest BCUT2D eigenvalue weighted by Gasteiger charge is 2.28. The predicted octanol–water partition coefficient (Wildman–Crippen LogP) is 2.11. The van der Waals surface area contributed by atoms with E-state index >= 15 is 0 Å². The summed E-state index contributed by atoms with van der Waals surface area (Å²) in [5, 5.41) is 10.7. The molecule has 0 radical (unpaired) electrons. The molecule has 3 rings (SSSR count).